The second-order valence-electron chi connectivity index (χ2n) is 4.35. The molecule has 0 bridgehead atoms. The highest BCUT2D eigenvalue weighted by Gasteiger charge is 2.17. The Kier molecular flexibility index (Phi) is 5.75. The fourth-order valence-corrected chi connectivity index (χ4v) is 1.99. The Morgan fingerprint density at radius 1 is 1.47 bits per heavy atom. The molecular formula is C13H21ClN2O. The molecule has 0 saturated carbocycles. The van der Waals surface area contributed by atoms with Crippen molar-refractivity contribution in [3.05, 3.63) is 28.8 Å². The summed E-state index contributed by atoms with van der Waals surface area (Å²) in [6.45, 7) is 4.39. The maximum absolute atomic E-state index is 5.94. The van der Waals surface area contributed by atoms with E-state index in [4.69, 9.17) is 22.2 Å². The van der Waals surface area contributed by atoms with Gasteiger partial charge in [0.05, 0.1) is 7.11 Å². The summed E-state index contributed by atoms with van der Waals surface area (Å²) in [5.41, 5.74) is 3.91. The van der Waals surface area contributed by atoms with Crippen molar-refractivity contribution in [1.29, 1.82) is 0 Å². The van der Waals surface area contributed by atoms with Gasteiger partial charge in [0.2, 0.25) is 0 Å². The van der Waals surface area contributed by atoms with Crippen LogP contribution in [0.5, 0.6) is 5.75 Å². The summed E-state index contributed by atoms with van der Waals surface area (Å²) in [6.07, 6.45) is 2.11. The summed E-state index contributed by atoms with van der Waals surface area (Å²) in [4.78, 5) is 0. The van der Waals surface area contributed by atoms with E-state index in [0.29, 0.717) is 10.9 Å². The molecule has 0 aliphatic rings. The van der Waals surface area contributed by atoms with Crippen LogP contribution in [-0.4, -0.2) is 7.11 Å². The number of nitrogens with two attached hydrogens (primary N) is 1. The largest absolute Gasteiger partial charge is 0.496 e. The van der Waals surface area contributed by atoms with Gasteiger partial charge in [0.15, 0.2) is 0 Å². The van der Waals surface area contributed by atoms with Crippen LogP contribution in [0.3, 0.4) is 0 Å². The van der Waals surface area contributed by atoms with E-state index in [2.05, 4.69) is 19.3 Å². The average molecular weight is 257 g/mol. The highest BCUT2D eigenvalue weighted by atomic mass is 35.5. The van der Waals surface area contributed by atoms with Gasteiger partial charge in [0.1, 0.15) is 5.75 Å². The first-order chi connectivity index (χ1) is 8.12. The van der Waals surface area contributed by atoms with Crippen LogP contribution in [0.4, 0.5) is 0 Å². The molecule has 1 aromatic rings. The molecule has 0 amide bonds. The molecule has 4 heteroatoms. The van der Waals surface area contributed by atoms with E-state index in [0.717, 1.165) is 24.2 Å². The molecule has 0 spiro atoms. The Labute approximate surface area is 108 Å². The van der Waals surface area contributed by atoms with Crippen molar-refractivity contribution in [3.63, 3.8) is 0 Å². The molecule has 0 fully saturated rings. The van der Waals surface area contributed by atoms with Crippen LogP contribution in [0.25, 0.3) is 0 Å². The van der Waals surface area contributed by atoms with Crippen molar-refractivity contribution in [3.8, 4) is 5.75 Å². The molecule has 3 nitrogen and oxygen atoms in total. The molecule has 0 aliphatic heterocycles. The van der Waals surface area contributed by atoms with Crippen molar-refractivity contribution in [2.24, 2.45) is 11.8 Å². The normalized spacial score (nSPS) is 14.4. The molecule has 0 aliphatic carbocycles. The highest BCUT2D eigenvalue weighted by molar-refractivity contribution is 6.30. The van der Waals surface area contributed by atoms with Crippen LogP contribution in [-0.2, 0) is 0 Å². The van der Waals surface area contributed by atoms with Gasteiger partial charge in [-0.1, -0.05) is 37.9 Å². The van der Waals surface area contributed by atoms with Crippen molar-refractivity contribution < 1.29 is 4.74 Å². The number of rotatable bonds is 6. The molecule has 0 heterocycles. The van der Waals surface area contributed by atoms with Gasteiger partial charge in [-0.2, -0.15) is 0 Å². The molecule has 0 saturated heterocycles. The Morgan fingerprint density at radius 2 is 2.18 bits per heavy atom. The first-order valence-electron chi connectivity index (χ1n) is 5.91. The zero-order chi connectivity index (χ0) is 12.8. The quantitative estimate of drug-likeness (QED) is 0.607. The predicted octanol–water partition coefficient (Wildman–Crippen LogP) is 3.29. The van der Waals surface area contributed by atoms with Gasteiger partial charge in [0, 0.05) is 16.6 Å². The van der Waals surface area contributed by atoms with Crippen LogP contribution in [0.15, 0.2) is 18.2 Å². The van der Waals surface area contributed by atoms with E-state index in [1.165, 1.54) is 0 Å². The van der Waals surface area contributed by atoms with E-state index < -0.39 is 0 Å². The lowest BCUT2D eigenvalue weighted by molar-refractivity contribution is 0.373. The highest BCUT2D eigenvalue weighted by Crippen LogP contribution is 2.31. The first-order valence-corrected chi connectivity index (χ1v) is 6.29. The minimum absolute atomic E-state index is 0.0946. The summed E-state index contributed by atoms with van der Waals surface area (Å²) in [6, 6.07) is 5.74. The zero-order valence-corrected chi connectivity index (χ0v) is 11.4. The second-order valence-corrected chi connectivity index (χ2v) is 4.79. The summed E-state index contributed by atoms with van der Waals surface area (Å²) >= 11 is 5.94. The molecule has 96 valence electrons. The monoisotopic (exact) mass is 256 g/mol. The van der Waals surface area contributed by atoms with Gasteiger partial charge in [-0.05, 0) is 24.5 Å². The molecule has 0 radical (unpaired) electrons. The number of benzene rings is 1. The van der Waals surface area contributed by atoms with Crippen LogP contribution in [0, 0.1) is 5.92 Å². The third-order valence-corrected chi connectivity index (χ3v) is 3.34. The van der Waals surface area contributed by atoms with E-state index in [1.807, 2.05) is 18.2 Å². The first kappa shape index (κ1) is 14.3. The summed E-state index contributed by atoms with van der Waals surface area (Å²) in [5, 5.41) is 0.671. The predicted molar refractivity (Wildman–Crippen MR) is 72.1 cm³/mol. The number of hydrogen-bond donors (Lipinski definition) is 2. The molecule has 2 unspecified atom stereocenters. The minimum Gasteiger partial charge on any atom is -0.496 e. The zero-order valence-electron chi connectivity index (χ0n) is 10.7. The van der Waals surface area contributed by atoms with Gasteiger partial charge < -0.3 is 4.74 Å². The van der Waals surface area contributed by atoms with Crippen molar-refractivity contribution in [2.45, 2.75) is 32.7 Å². The van der Waals surface area contributed by atoms with Crippen LogP contribution < -0.4 is 16.0 Å². The van der Waals surface area contributed by atoms with E-state index in [1.54, 1.807) is 7.11 Å². The van der Waals surface area contributed by atoms with Gasteiger partial charge in [0.25, 0.3) is 0 Å². The van der Waals surface area contributed by atoms with Crippen LogP contribution in [0.1, 0.15) is 38.3 Å². The van der Waals surface area contributed by atoms with E-state index >= 15 is 0 Å². The maximum atomic E-state index is 5.94. The van der Waals surface area contributed by atoms with Crippen LogP contribution >= 0.6 is 11.6 Å². The second kappa shape index (κ2) is 6.84. The molecule has 2 atom stereocenters. The average Bonchev–Trinajstić information content (AvgIpc) is 2.35. The lowest BCUT2D eigenvalue weighted by Crippen LogP contribution is -2.29. The lowest BCUT2D eigenvalue weighted by Gasteiger charge is -2.22. The molecule has 17 heavy (non-hydrogen) atoms. The lowest BCUT2D eigenvalue weighted by atomic mass is 9.94. The fourth-order valence-electron chi connectivity index (χ4n) is 1.83. The topological polar surface area (TPSA) is 47.3 Å². The number of nitrogens with one attached hydrogen (secondary N) is 1. The van der Waals surface area contributed by atoms with E-state index in [9.17, 15) is 0 Å². The van der Waals surface area contributed by atoms with Gasteiger partial charge >= 0.3 is 0 Å². The smallest absolute Gasteiger partial charge is 0.125 e. The van der Waals surface area contributed by atoms with Crippen molar-refractivity contribution >= 4 is 11.6 Å². The maximum Gasteiger partial charge on any atom is 0.125 e. The van der Waals surface area contributed by atoms with Gasteiger partial charge in [-0.25, -0.2) is 0 Å². The fraction of sp³-hybridized carbons (Fsp3) is 0.538. The third kappa shape index (κ3) is 3.87. The molecule has 3 N–H and O–H groups in total. The SMILES string of the molecule is CCC(C)CC(NN)c1ccc(Cl)cc1OC. The minimum atomic E-state index is 0.0946. The summed E-state index contributed by atoms with van der Waals surface area (Å²) in [7, 11) is 1.64. The summed E-state index contributed by atoms with van der Waals surface area (Å²) < 4.78 is 5.34. The van der Waals surface area contributed by atoms with Crippen molar-refractivity contribution in [2.75, 3.05) is 7.11 Å². The number of ether oxygens (including phenoxy) is 1. The number of hydrogen-bond acceptors (Lipinski definition) is 3. The standard InChI is InChI=1S/C13H21ClN2O/c1-4-9(2)7-12(16-15)11-6-5-10(14)8-13(11)17-3/h5-6,8-9,12,16H,4,7,15H2,1-3H3. The Hall–Kier alpha value is -0.770. The van der Waals surface area contributed by atoms with E-state index in [-0.39, 0.29) is 6.04 Å². The Balaban J connectivity index is 2.94. The molecule has 1 aromatic carbocycles. The van der Waals surface area contributed by atoms with Gasteiger partial charge in [-0.3, -0.25) is 11.3 Å². The van der Waals surface area contributed by atoms with Gasteiger partial charge in [-0.15, -0.1) is 0 Å². The molecule has 0 aromatic heterocycles. The number of halogens is 1. The molecule has 1 rings (SSSR count). The molecular weight excluding hydrogens is 236 g/mol. The Morgan fingerprint density at radius 3 is 2.71 bits per heavy atom. The van der Waals surface area contributed by atoms with Crippen molar-refractivity contribution in [1.82, 2.24) is 5.43 Å². The van der Waals surface area contributed by atoms with Crippen LogP contribution in [0.2, 0.25) is 5.02 Å². The number of hydrazine groups is 1. The Bertz CT molecular complexity index is 357. The number of methoxy groups -OCH3 is 1. The summed E-state index contributed by atoms with van der Waals surface area (Å²) in [5.74, 6) is 7.02. The third-order valence-electron chi connectivity index (χ3n) is 3.11.